The lowest BCUT2D eigenvalue weighted by atomic mass is 10.2. The molecule has 4 nitrogen and oxygen atoms in total. The Morgan fingerprint density at radius 3 is 2.48 bits per heavy atom. The Kier molecular flexibility index (Phi) is 5.11. The average Bonchev–Trinajstić information content (AvgIpc) is 2.47. The van der Waals surface area contributed by atoms with Crippen molar-refractivity contribution in [1.29, 1.82) is 0 Å². The Morgan fingerprint density at radius 2 is 1.81 bits per heavy atom. The number of hydrogen-bond acceptors (Lipinski definition) is 2. The van der Waals surface area contributed by atoms with Gasteiger partial charge in [0.05, 0.1) is 0 Å². The molecule has 0 bridgehead atoms. The van der Waals surface area contributed by atoms with Gasteiger partial charge in [0.25, 0.3) is 0 Å². The number of benzene rings is 2. The van der Waals surface area contributed by atoms with Gasteiger partial charge in [-0.3, -0.25) is 9.59 Å². The van der Waals surface area contributed by atoms with Crippen LogP contribution in [0.5, 0.6) is 0 Å². The molecule has 0 saturated carbocycles. The lowest BCUT2D eigenvalue weighted by molar-refractivity contribution is -0.125. The smallest absolute Gasteiger partial charge is 0.236 e. The van der Waals surface area contributed by atoms with Crippen molar-refractivity contribution in [2.45, 2.75) is 6.42 Å². The largest absolute Gasteiger partial charge is 0.326 e. The average molecular weight is 347 g/mol. The molecular weight excluding hydrogens is 332 g/mol. The third-order valence-corrected chi connectivity index (χ3v) is 3.43. The standard InChI is InChI=1S/C16H15BrN2O2/c1-19(14-8-3-2-4-9-14)16(21)11-15(20)18-13-7-5-6-12(17)10-13/h2-10H,11H2,1H3,(H,18,20). The third-order valence-electron chi connectivity index (χ3n) is 2.94. The van der Waals surface area contributed by atoms with Crippen molar-refractivity contribution in [1.82, 2.24) is 0 Å². The van der Waals surface area contributed by atoms with Gasteiger partial charge in [0.15, 0.2) is 0 Å². The molecule has 0 aliphatic carbocycles. The lowest BCUT2D eigenvalue weighted by Crippen LogP contribution is -2.30. The molecule has 0 fully saturated rings. The van der Waals surface area contributed by atoms with E-state index in [9.17, 15) is 9.59 Å². The molecule has 0 heterocycles. The summed E-state index contributed by atoms with van der Waals surface area (Å²) in [5, 5.41) is 2.70. The molecule has 0 saturated heterocycles. The summed E-state index contributed by atoms with van der Waals surface area (Å²) in [5.74, 6) is -0.588. The van der Waals surface area contributed by atoms with Crippen LogP contribution in [0.15, 0.2) is 59.1 Å². The van der Waals surface area contributed by atoms with Gasteiger partial charge >= 0.3 is 0 Å². The molecule has 0 unspecified atom stereocenters. The van der Waals surface area contributed by atoms with Crippen LogP contribution < -0.4 is 10.2 Å². The summed E-state index contributed by atoms with van der Waals surface area (Å²) < 4.78 is 0.869. The number of anilines is 2. The third kappa shape index (κ3) is 4.43. The number of carbonyl (C=O) groups is 2. The highest BCUT2D eigenvalue weighted by Gasteiger charge is 2.15. The van der Waals surface area contributed by atoms with Crippen LogP contribution in [0, 0.1) is 0 Å². The monoisotopic (exact) mass is 346 g/mol. The summed E-state index contributed by atoms with van der Waals surface area (Å²) in [7, 11) is 1.66. The number of rotatable bonds is 4. The molecule has 2 aromatic carbocycles. The Bertz CT molecular complexity index is 644. The van der Waals surface area contributed by atoms with Crippen molar-refractivity contribution in [3.05, 3.63) is 59.1 Å². The van der Waals surface area contributed by atoms with Crippen molar-refractivity contribution in [3.63, 3.8) is 0 Å². The Hall–Kier alpha value is -2.14. The second-order valence-corrected chi connectivity index (χ2v) is 5.44. The summed E-state index contributed by atoms with van der Waals surface area (Å²) in [6, 6.07) is 16.5. The van der Waals surface area contributed by atoms with Gasteiger partial charge in [-0.25, -0.2) is 0 Å². The minimum absolute atomic E-state index is 0.197. The molecule has 5 heteroatoms. The van der Waals surface area contributed by atoms with Gasteiger partial charge in [-0.15, -0.1) is 0 Å². The first-order chi connectivity index (χ1) is 10.1. The van der Waals surface area contributed by atoms with E-state index in [1.165, 1.54) is 4.90 Å². The zero-order valence-electron chi connectivity index (χ0n) is 11.5. The Morgan fingerprint density at radius 1 is 1.10 bits per heavy atom. The highest BCUT2D eigenvalue weighted by Crippen LogP contribution is 2.16. The van der Waals surface area contributed by atoms with Crippen LogP contribution in [-0.4, -0.2) is 18.9 Å². The molecule has 0 aliphatic rings. The first-order valence-electron chi connectivity index (χ1n) is 6.43. The first kappa shape index (κ1) is 15.3. The van der Waals surface area contributed by atoms with Crippen LogP contribution in [0.4, 0.5) is 11.4 Å². The van der Waals surface area contributed by atoms with Crippen LogP contribution in [0.1, 0.15) is 6.42 Å². The fourth-order valence-electron chi connectivity index (χ4n) is 1.82. The van der Waals surface area contributed by atoms with E-state index in [0.717, 1.165) is 10.2 Å². The summed E-state index contributed by atoms with van der Waals surface area (Å²) >= 11 is 3.33. The molecule has 0 radical (unpaired) electrons. The van der Waals surface area contributed by atoms with E-state index in [4.69, 9.17) is 0 Å². The van der Waals surface area contributed by atoms with Crippen LogP contribution in [0.2, 0.25) is 0 Å². The van der Waals surface area contributed by atoms with Crippen molar-refractivity contribution >= 4 is 39.1 Å². The Labute approximate surface area is 131 Å². The molecule has 0 aliphatic heterocycles. The van der Waals surface area contributed by atoms with Crippen molar-refractivity contribution < 1.29 is 9.59 Å². The van der Waals surface area contributed by atoms with E-state index in [1.54, 1.807) is 19.2 Å². The summed E-state index contributed by atoms with van der Waals surface area (Å²) in [4.78, 5) is 25.4. The fraction of sp³-hybridized carbons (Fsp3) is 0.125. The quantitative estimate of drug-likeness (QED) is 0.862. The van der Waals surface area contributed by atoms with Crippen LogP contribution in [0.3, 0.4) is 0 Å². The van der Waals surface area contributed by atoms with Gasteiger partial charge < -0.3 is 10.2 Å². The molecule has 2 aromatic rings. The maximum Gasteiger partial charge on any atom is 0.236 e. The minimum Gasteiger partial charge on any atom is -0.326 e. The predicted molar refractivity (Wildman–Crippen MR) is 87.2 cm³/mol. The van der Waals surface area contributed by atoms with E-state index in [2.05, 4.69) is 21.2 Å². The number of nitrogens with one attached hydrogen (secondary N) is 1. The predicted octanol–water partition coefficient (Wildman–Crippen LogP) is 3.44. The number of hydrogen-bond donors (Lipinski definition) is 1. The zero-order chi connectivity index (χ0) is 15.2. The summed E-state index contributed by atoms with van der Waals surface area (Å²) in [5.41, 5.74) is 1.42. The van der Waals surface area contributed by atoms with E-state index in [-0.39, 0.29) is 18.2 Å². The number of carbonyl (C=O) groups excluding carboxylic acids is 2. The van der Waals surface area contributed by atoms with Gasteiger partial charge in [-0.1, -0.05) is 40.2 Å². The molecule has 2 rings (SSSR count). The van der Waals surface area contributed by atoms with Gasteiger partial charge in [-0.2, -0.15) is 0 Å². The molecule has 2 amide bonds. The summed E-state index contributed by atoms with van der Waals surface area (Å²) in [6.07, 6.45) is -0.197. The topological polar surface area (TPSA) is 49.4 Å². The highest BCUT2D eigenvalue weighted by atomic mass is 79.9. The van der Waals surface area contributed by atoms with Gasteiger partial charge in [0.1, 0.15) is 6.42 Å². The fourth-order valence-corrected chi connectivity index (χ4v) is 2.22. The van der Waals surface area contributed by atoms with Gasteiger partial charge in [-0.05, 0) is 30.3 Å². The SMILES string of the molecule is CN(C(=O)CC(=O)Nc1cccc(Br)c1)c1ccccc1. The molecular formula is C16H15BrN2O2. The normalized spacial score (nSPS) is 10.0. The lowest BCUT2D eigenvalue weighted by Gasteiger charge is -2.17. The van der Waals surface area contributed by atoms with Crippen LogP contribution in [0.25, 0.3) is 0 Å². The van der Waals surface area contributed by atoms with E-state index in [1.807, 2.05) is 42.5 Å². The van der Waals surface area contributed by atoms with Crippen molar-refractivity contribution in [2.75, 3.05) is 17.3 Å². The molecule has 108 valence electrons. The molecule has 21 heavy (non-hydrogen) atoms. The van der Waals surface area contributed by atoms with Gasteiger partial charge in [0.2, 0.25) is 11.8 Å². The van der Waals surface area contributed by atoms with Crippen LogP contribution >= 0.6 is 15.9 Å². The number of para-hydroxylation sites is 1. The summed E-state index contributed by atoms with van der Waals surface area (Å²) in [6.45, 7) is 0. The van der Waals surface area contributed by atoms with E-state index >= 15 is 0 Å². The molecule has 0 aromatic heterocycles. The zero-order valence-corrected chi connectivity index (χ0v) is 13.1. The Balaban J connectivity index is 1.95. The van der Waals surface area contributed by atoms with E-state index in [0.29, 0.717) is 5.69 Å². The molecule has 0 atom stereocenters. The van der Waals surface area contributed by atoms with Crippen LogP contribution in [-0.2, 0) is 9.59 Å². The highest BCUT2D eigenvalue weighted by molar-refractivity contribution is 9.10. The number of amides is 2. The van der Waals surface area contributed by atoms with Crippen molar-refractivity contribution in [2.24, 2.45) is 0 Å². The van der Waals surface area contributed by atoms with Crippen molar-refractivity contribution in [3.8, 4) is 0 Å². The second-order valence-electron chi connectivity index (χ2n) is 4.52. The minimum atomic E-state index is -0.333. The van der Waals surface area contributed by atoms with Gasteiger partial charge in [0, 0.05) is 22.9 Å². The first-order valence-corrected chi connectivity index (χ1v) is 7.22. The second kappa shape index (κ2) is 7.04. The number of nitrogens with zero attached hydrogens (tertiary/aromatic N) is 1. The maximum atomic E-state index is 12.1. The van der Waals surface area contributed by atoms with E-state index < -0.39 is 0 Å². The molecule has 0 spiro atoms. The molecule has 1 N–H and O–H groups in total. The number of halogens is 1. The maximum absolute atomic E-state index is 12.1.